The first-order valence-corrected chi connectivity index (χ1v) is 7.55. The second kappa shape index (κ2) is 6.02. The summed E-state index contributed by atoms with van der Waals surface area (Å²) in [5.74, 6) is -0.219. The number of thiazole rings is 1. The van der Waals surface area contributed by atoms with E-state index in [0.29, 0.717) is 0 Å². The van der Waals surface area contributed by atoms with Crippen LogP contribution in [0.3, 0.4) is 0 Å². The van der Waals surface area contributed by atoms with Crippen LogP contribution in [0.25, 0.3) is 23.4 Å². The molecule has 1 nitrogen and oxygen atoms in total. The molecule has 0 bridgehead atoms. The van der Waals surface area contributed by atoms with Crippen molar-refractivity contribution in [2.24, 2.45) is 0 Å². The number of halogens is 1. The first kappa shape index (κ1) is 13.7. The van der Waals surface area contributed by atoms with Crippen molar-refractivity contribution in [1.29, 1.82) is 0 Å². The van der Waals surface area contributed by atoms with Gasteiger partial charge in [-0.3, -0.25) is 0 Å². The maximum Gasteiger partial charge on any atom is 0.123 e. The number of aryl methyl sites for hydroxylation is 1. The summed E-state index contributed by atoms with van der Waals surface area (Å²) in [7, 11) is 0. The minimum atomic E-state index is -0.219. The molecular formula is C18H14FNS. The van der Waals surface area contributed by atoms with Crippen LogP contribution in [-0.2, 0) is 0 Å². The number of aromatic nitrogens is 1. The summed E-state index contributed by atoms with van der Waals surface area (Å²) in [6, 6.07) is 14.8. The Morgan fingerprint density at radius 3 is 2.38 bits per heavy atom. The molecule has 0 aliphatic carbocycles. The van der Waals surface area contributed by atoms with E-state index in [0.717, 1.165) is 21.8 Å². The van der Waals surface area contributed by atoms with E-state index in [1.807, 2.05) is 12.2 Å². The van der Waals surface area contributed by atoms with E-state index in [4.69, 9.17) is 0 Å². The highest BCUT2D eigenvalue weighted by atomic mass is 32.1. The maximum absolute atomic E-state index is 12.8. The summed E-state index contributed by atoms with van der Waals surface area (Å²) >= 11 is 1.60. The first-order chi connectivity index (χ1) is 10.2. The number of hydrogen-bond donors (Lipinski definition) is 0. The summed E-state index contributed by atoms with van der Waals surface area (Å²) in [5, 5.41) is 2.99. The van der Waals surface area contributed by atoms with Crippen LogP contribution in [0.15, 0.2) is 53.9 Å². The molecule has 1 heterocycles. The molecule has 3 heteroatoms. The quantitative estimate of drug-likeness (QED) is 0.628. The molecule has 0 aliphatic heterocycles. The van der Waals surface area contributed by atoms with Crippen molar-refractivity contribution in [1.82, 2.24) is 4.98 Å². The van der Waals surface area contributed by atoms with E-state index in [2.05, 4.69) is 41.6 Å². The average molecular weight is 295 g/mol. The Morgan fingerprint density at radius 2 is 1.67 bits per heavy atom. The van der Waals surface area contributed by atoms with Crippen molar-refractivity contribution >= 4 is 23.5 Å². The monoisotopic (exact) mass is 295 g/mol. The average Bonchev–Trinajstić information content (AvgIpc) is 2.96. The minimum absolute atomic E-state index is 0.219. The Kier molecular flexibility index (Phi) is 3.93. The van der Waals surface area contributed by atoms with Crippen LogP contribution in [0.5, 0.6) is 0 Å². The Morgan fingerprint density at radius 1 is 0.952 bits per heavy atom. The molecule has 1 aromatic heterocycles. The van der Waals surface area contributed by atoms with Gasteiger partial charge in [-0.2, -0.15) is 0 Å². The van der Waals surface area contributed by atoms with Gasteiger partial charge in [-0.25, -0.2) is 9.37 Å². The summed E-state index contributed by atoms with van der Waals surface area (Å²) in [6.45, 7) is 2.07. The highest BCUT2D eigenvalue weighted by Crippen LogP contribution is 2.23. The van der Waals surface area contributed by atoms with Gasteiger partial charge in [-0.15, -0.1) is 11.3 Å². The van der Waals surface area contributed by atoms with Gasteiger partial charge < -0.3 is 0 Å². The van der Waals surface area contributed by atoms with E-state index < -0.39 is 0 Å². The van der Waals surface area contributed by atoms with E-state index in [-0.39, 0.29) is 5.82 Å². The molecule has 0 saturated heterocycles. The van der Waals surface area contributed by atoms with Crippen LogP contribution in [0, 0.1) is 12.7 Å². The van der Waals surface area contributed by atoms with Crippen LogP contribution < -0.4 is 0 Å². The molecule has 0 unspecified atom stereocenters. The van der Waals surface area contributed by atoms with Gasteiger partial charge in [0.05, 0.1) is 5.69 Å². The zero-order valence-corrected chi connectivity index (χ0v) is 12.4. The molecule has 3 aromatic rings. The largest absolute Gasteiger partial charge is 0.237 e. The predicted octanol–water partition coefficient (Wildman–Crippen LogP) is 5.43. The Bertz CT molecular complexity index is 755. The molecule has 104 valence electrons. The van der Waals surface area contributed by atoms with E-state index >= 15 is 0 Å². The van der Waals surface area contributed by atoms with Crippen molar-refractivity contribution in [3.05, 3.63) is 75.9 Å². The van der Waals surface area contributed by atoms with E-state index in [1.165, 1.54) is 17.7 Å². The summed E-state index contributed by atoms with van der Waals surface area (Å²) in [4.78, 5) is 4.60. The summed E-state index contributed by atoms with van der Waals surface area (Å²) in [5.41, 5.74) is 4.31. The highest BCUT2D eigenvalue weighted by Gasteiger charge is 2.02. The topological polar surface area (TPSA) is 12.9 Å². The third kappa shape index (κ3) is 3.44. The van der Waals surface area contributed by atoms with Gasteiger partial charge in [0.25, 0.3) is 0 Å². The van der Waals surface area contributed by atoms with Crippen molar-refractivity contribution in [2.75, 3.05) is 0 Å². The molecular weight excluding hydrogens is 281 g/mol. The molecule has 0 radical (unpaired) electrons. The van der Waals surface area contributed by atoms with Gasteiger partial charge in [0.15, 0.2) is 0 Å². The normalized spacial score (nSPS) is 11.1. The zero-order chi connectivity index (χ0) is 14.7. The second-order valence-electron chi connectivity index (χ2n) is 4.82. The Labute approximate surface area is 127 Å². The lowest BCUT2D eigenvalue weighted by atomic mass is 10.1. The van der Waals surface area contributed by atoms with Crippen LogP contribution in [0.1, 0.15) is 16.1 Å². The fourth-order valence-corrected chi connectivity index (χ4v) is 2.68. The van der Waals surface area contributed by atoms with Crippen molar-refractivity contribution < 1.29 is 4.39 Å². The standard InChI is InChI=1S/C18H14FNS/c1-13-2-7-15(8-3-13)17-12-21-18(20-17)11-6-14-4-9-16(19)10-5-14/h2-12H,1H3/b11-6+. The number of rotatable bonds is 3. The predicted molar refractivity (Wildman–Crippen MR) is 87.6 cm³/mol. The van der Waals surface area contributed by atoms with Crippen molar-refractivity contribution in [2.45, 2.75) is 6.92 Å². The first-order valence-electron chi connectivity index (χ1n) is 6.67. The zero-order valence-electron chi connectivity index (χ0n) is 11.6. The molecule has 21 heavy (non-hydrogen) atoms. The lowest BCUT2D eigenvalue weighted by Crippen LogP contribution is -1.79. The minimum Gasteiger partial charge on any atom is -0.237 e. The molecule has 0 saturated carbocycles. The van der Waals surface area contributed by atoms with Gasteiger partial charge in [-0.1, -0.05) is 48.0 Å². The highest BCUT2D eigenvalue weighted by molar-refractivity contribution is 7.10. The molecule has 0 N–H and O–H groups in total. The molecule has 0 spiro atoms. The number of hydrogen-bond acceptors (Lipinski definition) is 2. The van der Waals surface area contributed by atoms with Crippen LogP contribution in [-0.4, -0.2) is 4.98 Å². The van der Waals surface area contributed by atoms with Gasteiger partial charge in [-0.05, 0) is 30.7 Å². The fourth-order valence-electron chi connectivity index (χ4n) is 1.96. The van der Waals surface area contributed by atoms with E-state index in [9.17, 15) is 4.39 Å². The smallest absolute Gasteiger partial charge is 0.123 e. The van der Waals surface area contributed by atoms with Gasteiger partial charge in [0.2, 0.25) is 0 Å². The van der Waals surface area contributed by atoms with Crippen LogP contribution >= 0.6 is 11.3 Å². The molecule has 0 amide bonds. The van der Waals surface area contributed by atoms with Gasteiger partial charge in [0.1, 0.15) is 10.8 Å². The molecule has 2 aromatic carbocycles. The number of benzene rings is 2. The second-order valence-corrected chi connectivity index (χ2v) is 5.71. The lowest BCUT2D eigenvalue weighted by molar-refractivity contribution is 0.628. The molecule has 0 atom stereocenters. The third-order valence-corrected chi connectivity index (χ3v) is 3.97. The van der Waals surface area contributed by atoms with Crippen LogP contribution in [0.4, 0.5) is 4.39 Å². The maximum atomic E-state index is 12.8. The Balaban J connectivity index is 1.78. The van der Waals surface area contributed by atoms with Gasteiger partial charge in [0, 0.05) is 10.9 Å². The van der Waals surface area contributed by atoms with E-state index in [1.54, 1.807) is 23.5 Å². The van der Waals surface area contributed by atoms with Crippen molar-refractivity contribution in [3.63, 3.8) is 0 Å². The molecule has 3 rings (SSSR count). The summed E-state index contributed by atoms with van der Waals surface area (Å²) in [6.07, 6.45) is 3.90. The fraction of sp³-hybridized carbons (Fsp3) is 0.0556. The molecule has 0 fully saturated rings. The SMILES string of the molecule is Cc1ccc(-c2csc(/C=C/c3ccc(F)cc3)n2)cc1. The number of nitrogens with zero attached hydrogens (tertiary/aromatic N) is 1. The Hall–Kier alpha value is -2.26. The molecule has 0 aliphatic rings. The third-order valence-electron chi connectivity index (χ3n) is 3.16. The van der Waals surface area contributed by atoms with Crippen molar-refractivity contribution in [3.8, 4) is 11.3 Å². The van der Waals surface area contributed by atoms with Gasteiger partial charge >= 0.3 is 0 Å². The van der Waals surface area contributed by atoms with Crippen LogP contribution in [0.2, 0.25) is 0 Å². The lowest BCUT2D eigenvalue weighted by Gasteiger charge is -1.96. The summed E-state index contributed by atoms with van der Waals surface area (Å²) < 4.78 is 12.8.